The highest BCUT2D eigenvalue weighted by molar-refractivity contribution is 6.30. The van der Waals surface area contributed by atoms with Gasteiger partial charge < -0.3 is 10.0 Å². The number of halogens is 1. The van der Waals surface area contributed by atoms with E-state index in [0.717, 1.165) is 0 Å². The van der Waals surface area contributed by atoms with Gasteiger partial charge >= 0.3 is 0 Å². The molecule has 0 fully saturated rings. The summed E-state index contributed by atoms with van der Waals surface area (Å²) >= 11 is 5.67. The van der Waals surface area contributed by atoms with E-state index >= 15 is 0 Å². The van der Waals surface area contributed by atoms with Gasteiger partial charge in [0, 0.05) is 19.3 Å². The molecule has 4 nitrogen and oxygen atoms in total. The van der Waals surface area contributed by atoms with Crippen LogP contribution in [0.2, 0.25) is 5.02 Å². The highest BCUT2D eigenvalue weighted by Gasteiger charge is 2.14. The number of aromatic nitrogens is 1. The van der Waals surface area contributed by atoms with Crippen LogP contribution in [0.3, 0.4) is 0 Å². The molecule has 0 radical (unpaired) electrons. The van der Waals surface area contributed by atoms with Crippen LogP contribution >= 0.6 is 11.6 Å². The summed E-state index contributed by atoms with van der Waals surface area (Å²) in [5.74, 6) is -0.245. The van der Waals surface area contributed by atoms with Gasteiger partial charge in [-0.3, -0.25) is 4.79 Å². The summed E-state index contributed by atoms with van der Waals surface area (Å²) in [5, 5.41) is 9.31. The minimum Gasteiger partial charge on any atom is -0.395 e. The van der Waals surface area contributed by atoms with Crippen molar-refractivity contribution >= 4 is 17.5 Å². The van der Waals surface area contributed by atoms with Crippen molar-refractivity contribution in [1.29, 1.82) is 0 Å². The maximum atomic E-state index is 11.9. The largest absolute Gasteiger partial charge is 0.395 e. The molecule has 16 heavy (non-hydrogen) atoms. The van der Waals surface area contributed by atoms with E-state index in [1.807, 2.05) is 0 Å². The van der Waals surface area contributed by atoms with Crippen molar-refractivity contribution in [2.75, 3.05) is 19.7 Å². The molecule has 86 valence electrons. The SMILES string of the molecule is C=CCN(CCO)C(=O)c1ccc(Cl)cn1. The second kappa shape index (κ2) is 6.25. The van der Waals surface area contributed by atoms with E-state index in [-0.39, 0.29) is 19.1 Å². The first kappa shape index (κ1) is 12.7. The summed E-state index contributed by atoms with van der Waals surface area (Å²) in [7, 11) is 0. The first-order valence-corrected chi connectivity index (χ1v) is 5.19. The molecule has 0 saturated carbocycles. The molecule has 1 amide bonds. The van der Waals surface area contributed by atoms with E-state index in [1.54, 1.807) is 18.2 Å². The molecule has 5 heteroatoms. The maximum Gasteiger partial charge on any atom is 0.272 e. The standard InChI is InChI=1S/C11H13ClN2O2/c1-2-5-14(6-7-15)11(16)10-4-3-9(12)8-13-10/h2-4,8,15H,1,5-7H2. The molecular weight excluding hydrogens is 228 g/mol. The van der Waals surface area contributed by atoms with Gasteiger partial charge in [0.05, 0.1) is 11.6 Å². The molecule has 0 unspecified atom stereocenters. The number of nitrogens with zero attached hydrogens (tertiary/aromatic N) is 2. The van der Waals surface area contributed by atoms with Crippen LogP contribution in [0.25, 0.3) is 0 Å². The summed E-state index contributed by atoms with van der Waals surface area (Å²) in [6.45, 7) is 4.10. The van der Waals surface area contributed by atoms with Crippen molar-refractivity contribution in [3.8, 4) is 0 Å². The summed E-state index contributed by atoms with van der Waals surface area (Å²) < 4.78 is 0. The van der Waals surface area contributed by atoms with Crippen molar-refractivity contribution < 1.29 is 9.90 Å². The lowest BCUT2D eigenvalue weighted by molar-refractivity contribution is 0.0737. The van der Waals surface area contributed by atoms with Crippen molar-refractivity contribution in [1.82, 2.24) is 9.88 Å². The summed E-state index contributed by atoms with van der Waals surface area (Å²) in [6, 6.07) is 3.16. The van der Waals surface area contributed by atoms with E-state index in [9.17, 15) is 4.79 Å². The van der Waals surface area contributed by atoms with Crippen molar-refractivity contribution in [3.05, 3.63) is 41.7 Å². The van der Waals surface area contributed by atoms with Gasteiger partial charge in [-0.1, -0.05) is 17.7 Å². The predicted octanol–water partition coefficient (Wildman–Crippen LogP) is 1.36. The zero-order valence-corrected chi connectivity index (χ0v) is 9.52. The van der Waals surface area contributed by atoms with E-state index in [1.165, 1.54) is 11.1 Å². The summed E-state index contributed by atoms with van der Waals surface area (Å²) in [5.41, 5.74) is 0.305. The van der Waals surface area contributed by atoms with E-state index in [0.29, 0.717) is 17.3 Å². The van der Waals surface area contributed by atoms with Gasteiger partial charge in [0.15, 0.2) is 0 Å². The Hall–Kier alpha value is -1.39. The summed E-state index contributed by atoms with van der Waals surface area (Å²) in [4.78, 5) is 17.3. The molecule has 0 aliphatic rings. The van der Waals surface area contributed by atoms with Gasteiger partial charge in [-0.25, -0.2) is 4.98 Å². The Morgan fingerprint density at radius 2 is 2.38 bits per heavy atom. The van der Waals surface area contributed by atoms with Crippen molar-refractivity contribution in [2.45, 2.75) is 0 Å². The first-order valence-electron chi connectivity index (χ1n) is 4.81. The Kier molecular flexibility index (Phi) is 4.95. The fraction of sp³-hybridized carbons (Fsp3) is 0.273. The second-order valence-corrected chi connectivity index (χ2v) is 3.56. The number of hydrogen-bond acceptors (Lipinski definition) is 3. The number of amides is 1. The molecule has 1 aromatic heterocycles. The number of carbonyl (C=O) groups excluding carboxylic acids is 1. The number of carbonyl (C=O) groups is 1. The van der Waals surface area contributed by atoms with Crippen molar-refractivity contribution in [3.63, 3.8) is 0 Å². The van der Waals surface area contributed by atoms with Crippen LogP contribution in [0, 0.1) is 0 Å². The van der Waals surface area contributed by atoms with E-state index < -0.39 is 0 Å². The Balaban J connectivity index is 2.80. The van der Waals surface area contributed by atoms with Gasteiger partial charge in [-0.15, -0.1) is 6.58 Å². The van der Waals surface area contributed by atoms with Crippen LogP contribution in [0.15, 0.2) is 31.0 Å². The van der Waals surface area contributed by atoms with Crippen LogP contribution in [-0.4, -0.2) is 40.6 Å². The molecule has 1 rings (SSSR count). The van der Waals surface area contributed by atoms with E-state index in [4.69, 9.17) is 16.7 Å². The minimum absolute atomic E-state index is 0.0901. The van der Waals surface area contributed by atoms with Gasteiger partial charge in [0.2, 0.25) is 0 Å². The topological polar surface area (TPSA) is 53.4 Å². The third-order valence-electron chi connectivity index (χ3n) is 1.95. The molecule has 0 spiro atoms. The fourth-order valence-electron chi connectivity index (χ4n) is 1.22. The monoisotopic (exact) mass is 240 g/mol. The molecule has 0 bridgehead atoms. The lowest BCUT2D eigenvalue weighted by Gasteiger charge is -2.19. The average molecular weight is 241 g/mol. The number of hydrogen-bond donors (Lipinski definition) is 1. The lowest BCUT2D eigenvalue weighted by Crippen LogP contribution is -2.34. The molecule has 1 N–H and O–H groups in total. The Labute approximate surface area is 99.2 Å². The first-order chi connectivity index (χ1) is 7.69. The molecular formula is C11H13ClN2O2. The highest BCUT2D eigenvalue weighted by Crippen LogP contribution is 2.08. The van der Waals surface area contributed by atoms with Gasteiger partial charge in [-0.05, 0) is 12.1 Å². The minimum atomic E-state index is -0.245. The Bertz CT molecular complexity index is 365. The zero-order valence-electron chi connectivity index (χ0n) is 8.77. The third kappa shape index (κ3) is 3.32. The van der Waals surface area contributed by atoms with Crippen LogP contribution in [-0.2, 0) is 0 Å². The maximum absolute atomic E-state index is 11.9. The van der Waals surface area contributed by atoms with E-state index in [2.05, 4.69) is 11.6 Å². The Morgan fingerprint density at radius 3 is 2.88 bits per heavy atom. The molecule has 0 aliphatic carbocycles. The number of aliphatic hydroxyl groups excluding tert-OH is 1. The smallest absolute Gasteiger partial charge is 0.272 e. The van der Waals surface area contributed by atoms with Crippen molar-refractivity contribution in [2.24, 2.45) is 0 Å². The fourth-order valence-corrected chi connectivity index (χ4v) is 1.33. The predicted molar refractivity (Wildman–Crippen MR) is 62.4 cm³/mol. The third-order valence-corrected chi connectivity index (χ3v) is 2.18. The second-order valence-electron chi connectivity index (χ2n) is 3.13. The zero-order chi connectivity index (χ0) is 12.0. The van der Waals surface area contributed by atoms with Gasteiger partial charge in [-0.2, -0.15) is 0 Å². The normalized spacial score (nSPS) is 9.88. The molecule has 0 atom stereocenters. The molecule has 0 aromatic carbocycles. The molecule has 0 aliphatic heterocycles. The molecule has 0 saturated heterocycles. The number of aliphatic hydroxyl groups is 1. The quantitative estimate of drug-likeness (QED) is 0.791. The lowest BCUT2D eigenvalue weighted by atomic mass is 10.3. The molecule has 1 aromatic rings. The highest BCUT2D eigenvalue weighted by atomic mass is 35.5. The average Bonchev–Trinajstić information content (AvgIpc) is 2.29. The van der Waals surface area contributed by atoms with Crippen LogP contribution in [0.1, 0.15) is 10.5 Å². The van der Waals surface area contributed by atoms with Crippen LogP contribution in [0.4, 0.5) is 0 Å². The van der Waals surface area contributed by atoms with Gasteiger partial charge in [0.25, 0.3) is 5.91 Å². The Morgan fingerprint density at radius 1 is 1.62 bits per heavy atom. The van der Waals surface area contributed by atoms with Crippen LogP contribution in [0.5, 0.6) is 0 Å². The number of rotatable bonds is 5. The van der Waals surface area contributed by atoms with Gasteiger partial charge in [0.1, 0.15) is 5.69 Å². The molecule has 1 heterocycles. The summed E-state index contributed by atoms with van der Waals surface area (Å²) in [6.07, 6.45) is 3.02. The number of pyridine rings is 1. The van der Waals surface area contributed by atoms with Crippen LogP contribution < -0.4 is 0 Å².